The van der Waals surface area contributed by atoms with E-state index in [-0.39, 0.29) is 37.9 Å². The Morgan fingerprint density at radius 1 is 0.857 bits per heavy atom. The predicted octanol–water partition coefficient (Wildman–Crippen LogP) is 6.23. The van der Waals surface area contributed by atoms with E-state index in [1.807, 2.05) is 16.7 Å². The fraction of sp³-hybridized carbons (Fsp3) is 0.345. The third kappa shape index (κ3) is 4.99. The predicted molar refractivity (Wildman–Crippen MR) is 153 cm³/mol. The summed E-state index contributed by atoms with van der Waals surface area (Å²) in [6.07, 6.45) is 0.342. The van der Waals surface area contributed by atoms with E-state index < -0.39 is 21.1 Å². The average Bonchev–Trinajstić information content (AvgIpc) is 3.29. The molecule has 2 fully saturated rings. The van der Waals surface area contributed by atoms with Gasteiger partial charge in [-0.1, -0.05) is 53.5 Å². The van der Waals surface area contributed by atoms with Gasteiger partial charge in [-0.25, -0.2) is 13.4 Å². The highest BCUT2D eigenvalue weighted by Gasteiger charge is 2.50. The van der Waals surface area contributed by atoms with Gasteiger partial charge in [-0.05, 0) is 65.9 Å². The van der Waals surface area contributed by atoms with Crippen molar-refractivity contribution < 1.29 is 31.4 Å². The third-order valence-electron chi connectivity index (χ3n) is 8.08. The zero-order valence-electron chi connectivity index (χ0n) is 22.1. The van der Waals surface area contributed by atoms with Gasteiger partial charge in [0.2, 0.25) is 0 Å². The summed E-state index contributed by atoms with van der Waals surface area (Å²) in [4.78, 5) is 4.86. The first kappa shape index (κ1) is 29.4. The van der Waals surface area contributed by atoms with E-state index in [0.717, 1.165) is 5.82 Å². The fourth-order valence-corrected chi connectivity index (χ4v) is 7.00. The summed E-state index contributed by atoms with van der Waals surface area (Å²) in [6, 6.07) is 18.9. The van der Waals surface area contributed by atoms with Crippen LogP contribution in [0.25, 0.3) is 11.0 Å². The highest BCUT2D eigenvalue weighted by atomic mass is 35.5. The van der Waals surface area contributed by atoms with E-state index in [4.69, 9.17) is 32.9 Å². The van der Waals surface area contributed by atoms with Crippen LogP contribution in [0.5, 0.6) is 0 Å². The van der Waals surface area contributed by atoms with Crippen molar-refractivity contribution in [2.45, 2.75) is 35.9 Å². The Balaban J connectivity index is 1.46. The molecule has 0 amide bonds. The molecule has 4 aromatic rings. The summed E-state index contributed by atoms with van der Waals surface area (Å²) in [5, 5.41) is 13.4. The molecule has 0 atom stereocenters. The maximum Gasteiger partial charge on any atom is 0.511 e. The van der Waals surface area contributed by atoms with E-state index in [1.165, 1.54) is 0 Å². The number of sulfonamides is 1. The van der Waals surface area contributed by atoms with Crippen LogP contribution < -0.4 is 0 Å². The van der Waals surface area contributed by atoms with Crippen molar-refractivity contribution in [1.29, 1.82) is 0 Å². The molecule has 0 unspecified atom stereocenters. The first-order valence-corrected chi connectivity index (χ1v) is 15.5. The molecule has 0 spiro atoms. The van der Waals surface area contributed by atoms with Crippen molar-refractivity contribution in [1.82, 2.24) is 13.9 Å². The minimum Gasteiger partial charge on any atom is -0.380 e. The van der Waals surface area contributed by atoms with Gasteiger partial charge in [0.15, 0.2) is 0 Å². The Morgan fingerprint density at radius 3 is 1.86 bits per heavy atom. The molecule has 6 rings (SSSR count). The van der Waals surface area contributed by atoms with E-state index in [1.54, 1.807) is 54.6 Å². The van der Waals surface area contributed by atoms with Gasteiger partial charge in [-0.2, -0.15) is 17.5 Å². The number of hydrogen-bond donors (Lipinski definition) is 1. The summed E-state index contributed by atoms with van der Waals surface area (Å²) in [6.45, 7) is 0.367. The Morgan fingerprint density at radius 2 is 1.38 bits per heavy atom. The summed E-state index contributed by atoms with van der Waals surface area (Å²) in [5.74, 6) is 0.719. The summed E-state index contributed by atoms with van der Waals surface area (Å²) < 4.78 is 71.6. The van der Waals surface area contributed by atoms with Crippen molar-refractivity contribution in [3.05, 3.63) is 99.3 Å². The molecule has 2 aliphatic rings. The molecule has 1 N–H and O–H groups in total. The Bertz CT molecular complexity index is 1670. The van der Waals surface area contributed by atoms with Gasteiger partial charge in [0, 0.05) is 29.2 Å². The molecule has 0 saturated carbocycles. The number of nitrogens with zero attached hydrogens (tertiary/aromatic N) is 3. The normalized spacial score (nSPS) is 18.0. The van der Waals surface area contributed by atoms with Gasteiger partial charge in [-0.15, -0.1) is 0 Å². The van der Waals surface area contributed by atoms with Crippen molar-refractivity contribution in [2.24, 2.45) is 0 Å². The maximum absolute atomic E-state index is 13.2. The van der Waals surface area contributed by atoms with E-state index >= 15 is 0 Å². The standard InChI is InChI=1S/C29H26Cl2F3N3O4S/c30-22-6-1-19(2-7-22)28(38,20-3-8-23(31)9-4-20)21-5-10-25-26(15-21)37(27(35-25)18-16-41-17-18)24-11-13-36(14-12-24)42(39,40)29(32,33)34/h1-10,15,18,24,38H,11-14,16-17H2. The number of piperidine rings is 1. The zero-order chi connectivity index (χ0) is 29.9. The molecule has 3 heterocycles. The minimum atomic E-state index is -5.41. The molecule has 0 aliphatic carbocycles. The van der Waals surface area contributed by atoms with Crippen LogP contribution >= 0.6 is 23.2 Å². The van der Waals surface area contributed by atoms with Gasteiger partial charge in [0.25, 0.3) is 0 Å². The van der Waals surface area contributed by atoms with Crippen LogP contribution in [0.15, 0.2) is 66.7 Å². The number of ether oxygens (including phenoxy) is 1. The quantitative estimate of drug-likeness (QED) is 0.253. The number of aromatic nitrogens is 2. The molecule has 3 aromatic carbocycles. The lowest BCUT2D eigenvalue weighted by Crippen LogP contribution is -2.45. The molecule has 2 saturated heterocycles. The number of hydrogen-bond acceptors (Lipinski definition) is 5. The largest absolute Gasteiger partial charge is 0.511 e. The smallest absolute Gasteiger partial charge is 0.380 e. The molecule has 7 nitrogen and oxygen atoms in total. The second-order valence-corrected chi connectivity index (χ2v) is 13.4. The van der Waals surface area contributed by atoms with Crippen molar-refractivity contribution in [3.8, 4) is 0 Å². The first-order chi connectivity index (χ1) is 19.9. The molecule has 0 bridgehead atoms. The molecule has 0 radical (unpaired) electrons. The lowest BCUT2D eigenvalue weighted by molar-refractivity contribution is -0.0496. The summed E-state index contributed by atoms with van der Waals surface area (Å²) in [7, 11) is -5.41. The SMILES string of the molecule is O=S(=O)(N1CCC(n2c(C3COC3)nc3ccc(C(O)(c4ccc(Cl)cc4)c4ccc(Cl)cc4)cc32)CC1)C(F)(F)F. The van der Waals surface area contributed by atoms with Crippen LogP contribution in [0.4, 0.5) is 13.2 Å². The fourth-order valence-electron chi connectivity index (χ4n) is 5.76. The molecule has 2 aliphatic heterocycles. The van der Waals surface area contributed by atoms with Crippen LogP contribution in [0.3, 0.4) is 0 Å². The van der Waals surface area contributed by atoms with E-state index in [0.29, 0.717) is 55.3 Å². The first-order valence-electron chi connectivity index (χ1n) is 13.3. The molecule has 222 valence electrons. The lowest BCUT2D eigenvalue weighted by atomic mass is 9.80. The number of fused-ring (bicyclic) bond motifs is 1. The van der Waals surface area contributed by atoms with Gasteiger partial charge >= 0.3 is 15.5 Å². The lowest BCUT2D eigenvalue weighted by Gasteiger charge is -2.35. The highest BCUT2D eigenvalue weighted by molar-refractivity contribution is 7.90. The number of aliphatic hydroxyl groups is 1. The van der Waals surface area contributed by atoms with Crippen molar-refractivity contribution in [3.63, 3.8) is 0 Å². The van der Waals surface area contributed by atoms with E-state index in [9.17, 15) is 26.7 Å². The highest BCUT2D eigenvalue weighted by Crippen LogP contribution is 2.41. The van der Waals surface area contributed by atoms with Crippen LogP contribution in [0.1, 0.15) is 47.3 Å². The topological polar surface area (TPSA) is 84.7 Å². The van der Waals surface area contributed by atoms with Crippen molar-refractivity contribution in [2.75, 3.05) is 26.3 Å². The zero-order valence-corrected chi connectivity index (χ0v) is 24.4. The molecular weight excluding hydrogens is 614 g/mol. The van der Waals surface area contributed by atoms with Gasteiger partial charge in [0.1, 0.15) is 11.4 Å². The Kier molecular flexibility index (Phi) is 7.56. The second kappa shape index (κ2) is 10.8. The maximum atomic E-state index is 13.2. The van der Waals surface area contributed by atoms with Crippen LogP contribution in [0, 0.1) is 0 Å². The summed E-state index contributed by atoms with van der Waals surface area (Å²) >= 11 is 12.3. The molecule has 1 aromatic heterocycles. The van der Waals surface area contributed by atoms with Gasteiger partial charge < -0.3 is 14.4 Å². The number of benzene rings is 3. The number of alkyl halides is 3. The number of imidazole rings is 1. The summed E-state index contributed by atoms with van der Waals surface area (Å²) in [5.41, 5.74) is -3.94. The van der Waals surface area contributed by atoms with Gasteiger partial charge in [0.05, 0.1) is 30.2 Å². The van der Waals surface area contributed by atoms with Crippen molar-refractivity contribution >= 4 is 44.3 Å². The number of halogens is 5. The monoisotopic (exact) mass is 639 g/mol. The van der Waals surface area contributed by atoms with E-state index in [2.05, 4.69) is 0 Å². The number of rotatable bonds is 6. The Hall–Kier alpha value is -2.67. The van der Waals surface area contributed by atoms with Crippen LogP contribution in [0.2, 0.25) is 10.0 Å². The Labute approximate surface area is 250 Å². The second-order valence-electron chi connectivity index (χ2n) is 10.6. The molecule has 13 heteroatoms. The molecule has 42 heavy (non-hydrogen) atoms. The average molecular weight is 641 g/mol. The van der Waals surface area contributed by atoms with Crippen LogP contribution in [-0.4, -0.2) is 59.2 Å². The molecular formula is C29H26Cl2F3N3O4S. The third-order valence-corrected chi connectivity index (χ3v) is 10.2. The van der Waals surface area contributed by atoms with Crippen LogP contribution in [-0.2, 0) is 20.4 Å². The van der Waals surface area contributed by atoms with Gasteiger partial charge in [-0.3, -0.25) is 0 Å². The minimum absolute atomic E-state index is 0.01000.